The van der Waals surface area contributed by atoms with Crippen molar-refractivity contribution >= 4 is 17.7 Å². The molecular weight excluding hydrogens is 491 g/mol. The highest BCUT2D eigenvalue weighted by Crippen LogP contribution is 2.38. The first-order valence-corrected chi connectivity index (χ1v) is 11.6. The zero-order valence-corrected chi connectivity index (χ0v) is 19.8. The largest absolute Gasteiger partial charge is 0.419 e. The van der Waals surface area contributed by atoms with E-state index in [4.69, 9.17) is 11.6 Å². The molecule has 0 bridgehead atoms. The van der Waals surface area contributed by atoms with Crippen LogP contribution in [0.3, 0.4) is 0 Å². The summed E-state index contributed by atoms with van der Waals surface area (Å²) in [6, 6.07) is 14.9. The highest BCUT2D eigenvalue weighted by molar-refractivity contribution is 6.30. The van der Waals surface area contributed by atoms with Crippen LogP contribution in [0.1, 0.15) is 23.4 Å². The van der Waals surface area contributed by atoms with E-state index in [2.05, 4.69) is 21.8 Å². The summed E-state index contributed by atoms with van der Waals surface area (Å²) in [6.45, 7) is 0.0804. The van der Waals surface area contributed by atoms with Gasteiger partial charge in [-0.25, -0.2) is 4.98 Å². The molecule has 36 heavy (non-hydrogen) atoms. The van der Waals surface area contributed by atoms with Crippen molar-refractivity contribution in [3.8, 4) is 23.0 Å². The Kier molecular flexibility index (Phi) is 7.76. The summed E-state index contributed by atoms with van der Waals surface area (Å²) in [5.41, 5.74) is 0.915. The van der Waals surface area contributed by atoms with Crippen molar-refractivity contribution in [2.75, 3.05) is 19.6 Å². The van der Waals surface area contributed by atoms with Crippen molar-refractivity contribution < 1.29 is 23.4 Å². The summed E-state index contributed by atoms with van der Waals surface area (Å²) < 4.78 is 39.0. The number of pyridine rings is 2. The van der Waals surface area contributed by atoms with Crippen molar-refractivity contribution in [1.82, 2.24) is 14.9 Å². The fraction of sp³-hybridized carbons (Fsp3) is 0.259. The minimum absolute atomic E-state index is 0.0219. The standard InChI is InChI=1S/C27H23ClF3N3O2/c28-22-8-5-20(6-9-22)21-7-12-24(33-17-21)11-4-19-3-10-23(32-16-19)2-1-14-34-15-13-26(36,25(35)18-34)27(29,30)31/h1-3,5-10,12,16-17,25,35-36H,13-15,18H2/b2-1+/t25-,26+/m0/s1. The molecule has 3 heterocycles. The number of benzene rings is 1. The lowest BCUT2D eigenvalue weighted by Gasteiger charge is -2.42. The lowest BCUT2D eigenvalue weighted by atomic mass is 9.88. The second kappa shape index (κ2) is 10.8. The molecule has 5 nitrogen and oxygen atoms in total. The molecule has 0 saturated carbocycles. The molecule has 3 aromatic rings. The van der Waals surface area contributed by atoms with Crippen LogP contribution in [0.2, 0.25) is 5.02 Å². The van der Waals surface area contributed by atoms with Crippen LogP contribution in [0.5, 0.6) is 0 Å². The number of likely N-dealkylation sites (tertiary alicyclic amines) is 1. The van der Waals surface area contributed by atoms with Crippen LogP contribution in [0.25, 0.3) is 17.2 Å². The Labute approximate surface area is 211 Å². The number of aliphatic hydroxyl groups is 2. The molecule has 1 fully saturated rings. The minimum Gasteiger partial charge on any atom is -0.388 e. The number of aromatic nitrogens is 2. The summed E-state index contributed by atoms with van der Waals surface area (Å²) in [5, 5.41) is 20.3. The molecule has 0 radical (unpaired) electrons. The number of nitrogens with zero attached hydrogens (tertiary/aromatic N) is 3. The van der Waals surface area contributed by atoms with Gasteiger partial charge in [0.1, 0.15) is 11.8 Å². The Morgan fingerprint density at radius 3 is 2.39 bits per heavy atom. The van der Waals surface area contributed by atoms with Crippen LogP contribution >= 0.6 is 11.6 Å². The highest BCUT2D eigenvalue weighted by Gasteiger charge is 2.59. The topological polar surface area (TPSA) is 69.5 Å². The Hall–Kier alpha value is -3.22. The lowest BCUT2D eigenvalue weighted by Crippen LogP contribution is -2.62. The molecule has 2 atom stereocenters. The van der Waals surface area contributed by atoms with Crippen molar-refractivity contribution in [3.05, 3.63) is 89.0 Å². The minimum atomic E-state index is -4.86. The van der Waals surface area contributed by atoms with Gasteiger partial charge in [-0.1, -0.05) is 41.8 Å². The lowest BCUT2D eigenvalue weighted by molar-refractivity contribution is -0.302. The van der Waals surface area contributed by atoms with E-state index in [1.54, 1.807) is 35.5 Å². The van der Waals surface area contributed by atoms with E-state index >= 15 is 0 Å². The monoisotopic (exact) mass is 513 g/mol. The van der Waals surface area contributed by atoms with Crippen molar-refractivity contribution in [1.29, 1.82) is 0 Å². The maximum Gasteiger partial charge on any atom is 0.419 e. The van der Waals surface area contributed by atoms with E-state index in [0.29, 0.717) is 28.5 Å². The van der Waals surface area contributed by atoms with Gasteiger partial charge in [0.05, 0.1) is 5.69 Å². The fourth-order valence-electron chi connectivity index (χ4n) is 3.80. The van der Waals surface area contributed by atoms with Crippen LogP contribution in [0.15, 0.2) is 67.0 Å². The third-order valence-corrected chi connectivity index (χ3v) is 6.25. The smallest absolute Gasteiger partial charge is 0.388 e. The van der Waals surface area contributed by atoms with Gasteiger partial charge in [0, 0.05) is 54.6 Å². The van der Waals surface area contributed by atoms with Crippen molar-refractivity contribution in [3.63, 3.8) is 0 Å². The van der Waals surface area contributed by atoms with E-state index < -0.39 is 24.3 Å². The number of hydrogen-bond acceptors (Lipinski definition) is 5. The van der Waals surface area contributed by atoms with Crippen molar-refractivity contribution in [2.45, 2.75) is 24.3 Å². The Balaban J connectivity index is 1.30. The zero-order valence-electron chi connectivity index (χ0n) is 19.1. The Bertz CT molecular complexity index is 1270. The highest BCUT2D eigenvalue weighted by atomic mass is 35.5. The van der Waals surface area contributed by atoms with Gasteiger partial charge in [-0.2, -0.15) is 13.2 Å². The van der Waals surface area contributed by atoms with Crippen LogP contribution in [-0.4, -0.2) is 62.6 Å². The van der Waals surface area contributed by atoms with Gasteiger partial charge in [0.25, 0.3) is 0 Å². The molecule has 1 aliphatic rings. The number of β-amino-alcohol motifs (C(OH)–C–C–N with tert-alkyl or cyclic N) is 1. The summed E-state index contributed by atoms with van der Waals surface area (Å²) in [5.74, 6) is 6.02. The average Bonchev–Trinajstić information content (AvgIpc) is 2.86. The summed E-state index contributed by atoms with van der Waals surface area (Å²) in [4.78, 5) is 10.4. The SMILES string of the molecule is O[C@H]1CN(C/C=C/c2ccc(C#Cc3ccc(-c4ccc(Cl)cc4)cn3)cn2)CC[C@]1(O)C(F)(F)F. The third kappa shape index (κ3) is 6.12. The number of alkyl halides is 3. The number of piperidine rings is 1. The second-order valence-corrected chi connectivity index (χ2v) is 8.95. The van der Waals surface area contributed by atoms with Gasteiger partial charge in [-0.3, -0.25) is 9.88 Å². The predicted octanol–water partition coefficient (Wildman–Crippen LogP) is 4.57. The van der Waals surface area contributed by atoms with Gasteiger partial charge in [-0.15, -0.1) is 0 Å². The Morgan fingerprint density at radius 1 is 1.03 bits per heavy atom. The van der Waals surface area contributed by atoms with Gasteiger partial charge < -0.3 is 10.2 Å². The molecule has 1 saturated heterocycles. The van der Waals surface area contributed by atoms with Crippen molar-refractivity contribution in [2.24, 2.45) is 0 Å². The van der Waals surface area contributed by atoms with Crippen LogP contribution in [0.4, 0.5) is 13.2 Å². The van der Waals surface area contributed by atoms with Gasteiger partial charge in [0.15, 0.2) is 5.60 Å². The zero-order chi connectivity index (χ0) is 25.8. The van der Waals surface area contributed by atoms with E-state index in [-0.39, 0.29) is 13.1 Å². The first-order chi connectivity index (χ1) is 17.1. The van der Waals surface area contributed by atoms with E-state index in [1.165, 1.54) is 0 Å². The average molecular weight is 514 g/mol. The molecule has 4 rings (SSSR count). The summed E-state index contributed by atoms with van der Waals surface area (Å²) >= 11 is 5.92. The van der Waals surface area contributed by atoms with Gasteiger partial charge in [-0.05, 0) is 47.9 Å². The fourth-order valence-corrected chi connectivity index (χ4v) is 3.92. The van der Waals surface area contributed by atoms with Crippen LogP contribution in [0, 0.1) is 11.8 Å². The second-order valence-electron chi connectivity index (χ2n) is 8.51. The molecule has 186 valence electrons. The predicted molar refractivity (Wildman–Crippen MR) is 132 cm³/mol. The van der Waals surface area contributed by atoms with E-state index in [1.807, 2.05) is 42.5 Å². The van der Waals surface area contributed by atoms with E-state index in [0.717, 1.165) is 11.1 Å². The number of rotatable bonds is 4. The maximum atomic E-state index is 13.0. The quantitative estimate of drug-likeness (QED) is 0.500. The molecule has 0 aliphatic carbocycles. The molecule has 9 heteroatoms. The maximum absolute atomic E-state index is 13.0. The van der Waals surface area contributed by atoms with E-state index in [9.17, 15) is 23.4 Å². The Morgan fingerprint density at radius 2 is 1.78 bits per heavy atom. The van der Waals surface area contributed by atoms with Crippen LogP contribution in [-0.2, 0) is 0 Å². The summed E-state index contributed by atoms with van der Waals surface area (Å²) in [7, 11) is 0. The third-order valence-electron chi connectivity index (χ3n) is 6.00. The molecule has 1 aliphatic heterocycles. The molecule has 0 unspecified atom stereocenters. The number of halogens is 4. The number of hydrogen-bond donors (Lipinski definition) is 2. The summed E-state index contributed by atoms with van der Waals surface area (Å²) in [6.07, 6.45) is -0.447. The molecule has 2 N–H and O–H groups in total. The molecular formula is C27H23ClF3N3O2. The molecule has 1 aromatic carbocycles. The van der Waals surface area contributed by atoms with Gasteiger partial charge >= 0.3 is 6.18 Å². The first kappa shape index (κ1) is 25.9. The normalized spacial score (nSPS) is 20.8. The van der Waals surface area contributed by atoms with Crippen LogP contribution < -0.4 is 0 Å². The molecule has 2 aromatic heterocycles. The van der Waals surface area contributed by atoms with Gasteiger partial charge in [0.2, 0.25) is 0 Å². The first-order valence-electron chi connectivity index (χ1n) is 11.2. The number of aliphatic hydroxyl groups excluding tert-OH is 1. The molecule has 0 amide bonds. The molecule has 0 spiro atoms.